The topological polar surface area (TPSA) is 47.6 Å². The summed E-state index contributed by atoms with van der Waals surface area (Å²) in [5, 5.41) is 2.73. The molecule has 0 spiro atoms. The SMILES string of the molecule is C#Cc1cccc(NC(=O)COc2ccc(OCC)cc2)c1. The molecule has 2 aromatic carbocycles. The zero-order chi connectivity index (χ0) is 15.8. The zero-order valence-corrected chi connectivity index (χ0v) is 12.3. The van der Waals surface area contributed by atoms with E-state index >= 15 is 0 Å². The van der Waals surface area contributed by atoms with Crippen LogP contribution in [-0.2, 0) is 4.79 Å². The van der Waals surface area contributed by atoms with E-state index in [0.29, 0.717) is 23.6 Å². The number of hydrogen-bond donors (Lipinski definition) is 1. The summed E-state index contributed by atoms with van der Waals surface area (Å²) in [6.07, 6.45) is 5.32. The van der Waals surface area contributed by atoms with Crippen LogP contribution in [0.2, 0.25) is 0 Å². The summed E-state index contributed by atoms with van der Waals surface area (Å²) in [5.74, 6) is 3.65. The first kappa shape index (κ1) is 15.5. The van der Waals surface area contributed by atoms with Crippen LogP contribution in [0.3, 0.4) is 0 Å². The lowest BCUT2D eigenvalue weighted by Gasteiger charge is -2.08. The third-order valence-corrected chi connectivity index (χ3v) is 2.82. The highest BCUT2D eigenvalue weighted by molar-refractivity contribution is 5.92. The molecule has 1 N–H and O–H groups in total. The van der Waals surface area contributed by atoms with Crippen molar-refractivity contribution in [3.05, 3.63) is 54.1 Å². The lowest BCUT2D eigenvalue weighted by molar-refractivity contribution is -0.118. The van der Waals surface area contributed by atoms with E-state index in [1.165, 1.54) is 0 Å². The van der Waals surface area contributed by atoms with E-state index in [0.717, 1.165) is 5.75 Å². The van der Waals surface area contributed by atoms with Gasteiger partial charge in [0.1, 0.15) is 11.5 Å². The van der Waals surface area contributed by atoms with Crippen molar-refractivity contribution in [2.75, 3.05) is 18.5 Å². The second-order valence-electron chi connectivity index (χ2n) is 4.47. The van der Waals surface area contributed by atoms with Crippen LogP contribution >= 0.6 is 0 Å². The largest absolute Gasteiger partial charge is 0.494 e. The highest BCUT2D eigenvalue weighted by atomic mass is 16.5. The summed E-state index contributed by atoms with van der Waals surface area (Å²) in [7, 11) is 0. The van der Waals surface area contributed by atoms with Crippen LogP contribution in [0, 0.1) is 12.3 Å². The Morgan fingerprint density at radius 1 is 1.14 bits per heavy atom. The van der Waals surface area contributed by atoms with Gasteiger partial charge in [-0.1, -0.05) is 12.0 Å². The number of nitrogens with one attached hydrogen (secondary N) is 1. The lowest BCUT2D eigenvalue weighted by atomic mass is 10.2. The van der Waals surface area contributed by atoms with Gasteiger partial charge in [-0.2, -0.15) is 0 Å². The van der Waals surface area contributed by atoms with E-state index in [-0.39, 0.29) is 12.5 Å². The van der Waals surface area contributed by atoms with Crippen LogP contribution in [0.15, 0.2) is 48.5 Å². The molecule has 0 saturated carbocycles. The number of benzene rings is 2. The molecule has 0 bridgehead atoms. The molecule has 0 aromatic heterocycles. The van der Waals surface area contributed by atoms with Crippen molar-refractivity contribution in [1.82, 2.24) is 0 Å². The van der Waals surface area contributed by atoms with Crippen LogP contribution in [0.5, 0.6) is 11.5 Å². The Morgan fingerprint density at radius 2 is 1.82 bits per heavy atom. The molecule has 4 heteroatoms. The molecule has 0 aliphatic carbocycles. The van der Waals surface area contributed by atoms with E-state index < -0.39 is 0 Å². The van der Waals surface area contributed by atoms with Crippen LogP contribution in [-0.4, -0.2) is 19.1 Å². The molecule has 0 heterocycles. The van der Waals surface area contributed by atoms with E-state index in [2.05, 4.69) is 11.2 Å². The van der Waals surface area contributed by atoms with E-state index in [9.17, 15) is 4.79 Å². The zero-order valence-electron chi connectivity index (χ0n) is 12.3. The minimum atomic E-state index is -0.247. The van der Waals surface area contributed by atoms with E-state index in [4.69, 9.17) is 15.9 Å². The van der Waals surface area contributed by atoms with Gasteiger partial charge in [-0.05, 0) is 49.4 Å². The van der Waals surface area contributed by atoms with Gasteiger partial charge >= 0.3 is 0 Å². The first-order valence-electron chi connectivity index (χ1n) is 6.93. The molecule has 0 radical (unpaired) electrons. The van der Waals surface area contributed by atoms with Crippen molar-refractivity contribution in [2.45, 2.75) is 6.92 Å². The maximum atomic E-state index is 11.8. The molecule has 0 saturated heterocycles. The Balaban J connectivity index is 1.85. The average molecular weight is 295 g/mol. The number of hydrogen-bond acceptors (Lipinski definition) is 3. The van der Waals surface area contributed by atoms with Crippen LogP contribution < -0.4 is 14.8 Å². The fraction of sp³-hybridized carbons (Fsp3) is 0.167. The standard InChI is InChI=1S/C18H17NO3/c1-3-14-6-5-7-15(12-14)19-18(20)13-22-17-10-8-16(9-11-17)21-4-2/h1,5-12H,4,13H2,2H3,(H,19,20). The summed E-state index contributed by atoms with van der Waals surface area (Å²) in [6.45, 7) is 2.46. The first-order valence-corrected chi connectivity index (χ1v) is 6.93. The molecular weight excluding hydrogens is 278 g/mol. The third-order valence-electron chi connectivity index (χ3n) is 2.82. The molecule has 4 nitrogen and oxygen atoms in total. The summed E-state index contributed by atoms with van der Waals surface area (Å²) < 4.78 is 10.8. The molecule has 2 aromatic rings. The average Bonchev–Trinajstić information content (AvgIpc) is 2.55. The maximum absolute atomic E-state index is 11.8. The minimum absolute atomic E-state index is 0.0751. The Hall–Kier alpha value is -2.93. The monoisotopic (exact) mass is 295 g/mol. The van der Waals surface area contributed by atoms with Crippen molar-refractivity contribution in [2.24, 2.45) is 0 Å². The molecular formula is C18H17NO3. The molecule has 0 aliphatic heterocycles. The third kappa shape index (κ3) is 4.57. The minimum Gasteiger partial charge on any atom is -0.494 e. The fourth-order valence-electron chi connectivity index (χ4n) is 1.83. The van der Waals surface area contributed by atoms with Crippen molar-refractivity contribution in [3.8, 4) is 23.8 Å². The molecule has 0 aliphatic rings. The first-order chi connectivity index (χ1) is 10.7. The summed E-state index contributed by atoms with van der Waals surface area (Å²) in [5.41, 5.74) is 1.36. The maximum Gasteiger partial charge on any atom is 0.262 e. The fourth-order valence-corrected chi connectivity index (χ4v) is 1.83. The normalized spacial score (nSPS) is 9.64. The molecule has 112 valence electrons. The number of carbonyl (C=O) groups excluding carboxylic acids is 1. The molecule has 2 rings (SSSR count). The highest BCUT2D eigenvalue weighted by Gasteiger charge is 2.04. The van der Waals surface area contributed by atoms with Crippen LogP contribution in [0.4, 0.5) is 5.69 Å². The smallest absolute Gasteiger partial charge is 0.262 e. The second kappa shape index (κ2) is 7.75. The Kier molecular flexibility index (Phi) is 5.44. The lowest BCUT2D eigenvalue weighted by Crippen LogP contribution is -2.20. The molecule has 0 fully saturated rings. The summed E-state index contributed by atoms with van der Waals surface area (Å²) in [6, 6.07) is 14.2. The predicted molar refractivity (Wildman–Crippen MR) is 86.1 cm³/mol. The molecule has 1 amide bonds. The van der Waals surface area contributed by atoms with Crippen molar-refractivity contribution in [1.29, 1.82) is 0 Å². The number of ether oxygens (including phenoxy) is 2. The number of terminal acetylenes is 1. The Labute approximate surface area is 130 Å². The van der Waals surface area contributed by atoms with E-state index in [1.807, 2.05) is 6.92 Å². The van der Waals surface area contributed by atoms with Gasteiger partial charge in [0.05, 0.1) is 6.61 Å². The van der Waals surface area contributed by atoms with Crippen molar-refractivity contribution >= 4 is 11.6 Å². The van der Waals surface area contributed by atoms with Gasteiger partial charge in [0.15, 0.2) is 6.61 Å². The molecule has 0 unspecified atom stereocenters. The van der Waals surface area contributed by atoms with Gasteiger partial charge in [0, 0.05) is 11.3 Å². The van der Waals surface area contributed by atoms with E-state index in [1.54, 1.807) is 48.5 Å². The number of carbonyl (C=O) groups is 1. The Bertz CT molecular complexity index is 671. The van der Waals surface area contributed by atoms with Gasteiger partial charge < -0.3 is 14.8 Å². The quantitative estimate of drug-likeness (QED) is 0.833. The van der Waals surface area contributed by atoms with Gasteiger partial charge in [0.25, 0.3) is 5.91 Å². The number of rotatable bonds is 6. The van der Waals surface area contributed by atoms with Gasteiger partial charge in [-0.3, -0.25) is 4.79 Å². The van der Waals surface area contributed by atoms with Gasteiger partial charge in [-0.15, -0.1) is 6.42 Å². The van der Waals surface area contributed by atoms with Crippen LogP contribution in [0.1, 0.15) is 12.5 Å². The summed E-state index contributed by atoms with van der Waals surface area (Å²) in [4.78, 5) is 11.8. The Morgan fingerprint density at radius 3 is 2.45 bits per heavy atom. The predicted octanol–water partition coefficient (Wildman–Crippen LogP) is 3.08. The second-order valence-corrected chi connectivity index (χ2v) is 4.47. The summed E-state index contributed by atoms with van der Waals surface area (Å²) >= 11 is 0. The van der Waals surface area contributed by atoms with Crippen molar-refractivity contribution < 1.29 is 14.3 Å². The number of amides is 1. The van der Waals surface area contributed by atoms with Crippen LogP contribution in [0.25, 0.3) is 0 Å². The van der Waals surface area contributed by atoms with Gasteiger partial charge in [-0.25, -0.2) is 0 Å². The van der Waals surface area contributed by atoms with Crippen molar-refractivity contribution in [3.63, 3.8) is 0 Å². The number of anilines is 1. The molecule has 0 atom stereocenters. The highest BCUT2D eigenvalue weighted by Crippen LogP contribution is 2.17. The van der Waals surface area contributed by atoms with Gasteiger partial charge in [0.2, 0.25) is 0 Å². The molecule has 22 heavy (non-hydrogen) atoms.